The number of furan rings is 1. The maximum atomic E-state index is 11.1. The number of aromatic carboxylic acids is 1. The first kappa shape index (κ1) is 12.7. The van der Waals surface area contributed by atoms with Gasteiger partial charge in [-0.15, -0.1) is 0 Å². The summed E-state index contributed by atoms with van der Waals surface area (Å²) in [6.07, 6.45) is 1.92. The van der Waals surface area contributed by atoms with Crippen molar-refractivity contribution in [3.8, 4) is 11.5 Å². The van der Waals surface area contributed by atoms with E-state index >= 15 is 0 Å². The number of aromatic nitrogens is 1. The van der Waals surface area contributed by atoms with Crippen molar-refractivity contribution in [3.05, 3.63) is 29.0 Å². The smallest absolute Gasteiger partial charge is 0.373 e. The summed E-state index contributed by atoms with van der Waals surface area (Å²) in [6, 6.07) is 1.58. The van der Waals surface area contributed by atoms with Crippen LogP contribution < -0.4 is 0 Å². The number of rotatable bonds is 4. The molecule has 0 aliphatic carbocycles. The van der Waals surface area contributed by atoms with Gasteiger partial charge >= 0.3 is 5.97 Å². The number of halogens is 1. The molecular formula is C12H12ClNO4. The molecule has 96 valence electrons. The van der Waals surface area contributed by atoms with Crippen LogP contribution in [0.15, 0.2) is 21.2 Å². The van der Waals surface area contributed by atoms with Crippen LogP contribution in [-0.2, 0) is 6.42 Å². The molecule has 0 unspecified atom stereocenters. The molecule has 0 aromatic carbocycles. The van der Waals surface area contributed by atoms with Crippen LogP contribution in [-0.4, -0.2) is 16.1 Å². The van der Waals surface area contributed by atoms with Crippen LogP contribution >= 0.6 is 11.6 Å². The third kappa shape index (κ3) is 2.41. The number of carboxylic acid groups (broad SMARTS) is 1. The van der Waals surface area contributed by atoms with Gasteiger partial charge in [0.25, 0.3) is 0 Å². The summed E-state index contributed by atoms with van der Waals surface area (Å²) in [6.45, 7) is 3.95. The van der Waals surface area contributed by atoms with Gasteiger partial charge in [-0.1, -0.05) is 13.8 Å². The number of nitrogens with zero attached hydrogens (tertiary/aromatic N) is 1. The molecule has 2 aromatic heterocycles. The van der Waals surface area contributed by atoms with Gasteiger partial charge in [-0.05, 0) is 30.0 Å². The van der Waals surface area contributed by atoms with Crippen molar-refractivity contribution >= 4 is 17.6 Å². The largest absolute Gasteiger partial charge is 0.475 e. The zero-order valence-electron chi connectivity index (χ0n) is 9.94. The molecule has 6 heteroatoms. The highest BCUT2D eigenvalue weighted by atomic mass is 35.5. The molecule has 0 aliphatic heterocycles. The van der Waals surface area contributed by atoms with E-state index in [1.54, 1.807) is 6.07 Å². The molecule has 0 amide bonds. The van der Waals surface area contributed by atoms with Gasteiger partial charge < -0.3 is 13.9 Å². The molecule has 0 radical (unpaired) electrons. The highest BCUT2D eigenvalue weighted by molar-refractivity contribution is 6.31. The third-order valence-corrected chi connectivity index (χ3v) is 2.63. The van der Waals surface area contributed by atoms with E-state index in [0.29, 0.717) is 17.7 Å². The second-order valence-electron chi connectivity index (χ2n) is 4.31. The predicted octanol–water partition coefficient (Wildman–Crippen LogP) is 3.48. The maximum absolute atomic E-state index is 11.1. The molecule has 0 saturated carbocycles. The molecule has 0 aliphatic rings. The van der Waals surface area contributed by atoms with E-state index in [9.17, 15) is 4.79 Å². The molecule has 5 nitrogen and oxygen atoms in total. The van der Waals surface area contributed by atoms with E-state index in [1.807, 2.05) is 13.8 Å². The second kappa shape index (κ2) is 4.86. The summed E-state index contributed by atoms with van der Waals surface area (Å²) >= 11 is 5.81. The van der Waals surface area contributed by atoms with Crippen molar-refractivity contribution in [1.29, 1.82) is 0 Å². The summed E-state index contributed by atoms with van der Waals surface area (Å²) < 4.78 is 10.2. The highest BCUT2D eigenvalue weighted by Crippen LogP contribution is 2.30. The van der Waals surface area contributed by atoms with Gasteiger partial charge in [-0.2, -0.15) is 0 Å². The Morgan fingerprint density at radius 1 is 1.56 bits per heavy atom. The molecule has 0 fully saturated rings. The minimum atomic E-state index is -1.14. The average molecular weight is 270 g/mol. The number of hydrogen-bond acceptors (Lipinski definition) is 4. The van der Waals surface area contributed by atoms with Crippen molar-refractivity contribution in [1.82, 2.24) is 4.98 Å². The monoisotopic (exact) mass is 269 g/mol. The Morgan fingerprint density at radius 3 is 2.78 bits per heavy atom. The van der Waals surface area contributed by atoms with Crippen molar-refractivity contribution < 1.29 is 18.7 Å². The molecular weight excluding hydrogens is 258 g/mol. The van der Waals surface area contributed by atoms with Crippen LogP contribution in [0.5, 0.6) is 0 Å². The van der Waals surface area contributed by atoms with Crippen LogP contribution in [0.1, 0.15) is 30.1 Å². The number of carbonyl (C=O) groups is 1. The average Bonchev–Trinajstić information content (AvgIpc) is 2.83. The van der Waals surface area contributed by atoms with E-state index in [2.05, 4.69) is 4.98 Å². The number of oxazole rings is 1. The molecule has 2 heterocycles. The second-order valence-corrected chi connectivity index (χ2v) is 4.65. The summed E-state index contributed by atoms with van der Waals surface area (Å²) in [5, 5.41) is 9.20. The van der Waals surface area contributed by atoms with E-state index < -0.39 is 5.97 Å². The highest BCUT2D eigenvalue weighted by Gasteiger charge is 2.22. The van der Waals surface area contributed by atoms with Gasteiger partial charge in [0.2, 0.25) is 16.9 Å². The van der Waals surface area contributed by atoms with Crippen LogP contribution in [0.3, 0.4) is 0 Å². The molecule has 0 saturated heterocycles. The lowest BCUT2D eigenvalue weighted by Gasteiger charge is -1.99. The van der Waals surface area contributed by atoms with Crippen molar-refractivity contribution in [2.75, 3.05) is 0 Å². The lowest BCUT2D eigenvalue weighted by Crippen LogP contribution is -2.03. The Labute approximate surface area is 108 Å². The summed E-state index contributed by atoms with van der Waals surface area (Å²) in [7, 11) is 0. The molecule has 1 N–H and O–H groups in total. The Morgan fingerprint density at radius 2 is 2.28 bits per heavy atom. The topological polar surface area (TPSA) is 76.5 Å². The van der Waals surface area contributed by atoms with Crippen molar-refractivity contribution in [2.24, 2.45) is 5.92 Å². The molecule has 0 atom stereocenters. The standard InChI is InChI=1S/C12H12ClNO4/c1-6(2)5-8-9(12(15)16)18-11(14-8)7-3-4-17-10(7)13/h3-4,6H,5H2,1-2H3,(H,15,16). The van der Waals surface area contributed by atoms with E-state index in [1.165, 1.54) is 6.26 Å². The Balaban J connectivity index is 2.45. The fourth-order valence-electron chi connectivity index (χ4n) is 1.61. The number of carboxylic acids is 1. The van der Waals surface area contributed by atoms with Crippen LogP contribution in [0.25, 0.3) is 11.5 Å². The van der Waals surface area contributed by atoms with Gasteiger partial charge in [0.05, 0.1) is 17.5 Å². The van der Waals surface area contributed by atoms with Crippen molar-refractivity contribution in [3.63, 3.8) is 0 Å². The summed E-state index contributed by atoms with van der Waals surface area (Å²) in [5.74, 6) is -0.831. The Hall–Kier alpha value is -1.75. The fourth-order valence-corrected chi connectivity index (χ4v) is 1.80. The SMILES string of the molecule is CC(C)Cc1nc(-c2ccoc2Cl)oc1C(=O)O. The number of hydrogen-bond donors (Lipinski definition) is 1. The van der Waals surface area contributed by atoms with Gasteiger partial charge in [0.15, 0.2) is 0 Å². The first-order valence-electron chi connectivity index (χ1n) is 5.45. The first-order valence-corrected chi connectivity index (χ1v) is 5.83. The zero-order chi connectivity index (χ0) is 13.3. The summed E-state index contributed by atoms with van der Waals surface area (Å²) in [4.78, 5) is 15.3. The predicted molar refractivity (Wildman–Crippen MR) is 64.7 cm³/mol. The van der Waals surface area contributed by atoms with Gasteiger partial charge in [-0.3, -0.25) is 0 Å². The van der Waals surface area contributed by atoms with E-state index in [4.69, 9.17) is 25.5 Å². The molecule has 2 aromatic rings. The Kier molecular flexibility index (Phi) is 3.43. The van der Waals surface area contributed by atoms with Crippen LogP contribution in [0.2, 0.25) is 5.22 Å². The minimum absolute atomic E-state index is 0.129. The molecule has 0 spiro atoms. The van der Waals surface area contributed by atoms with E-state index in [-0.39, 0.29) is 22.8 Å². The Bertz CT molecular complexity index is 570. The van der Waals surface area contributed by atoms with E-state index in [0.717, 1.165) is 0 Å². The van der Waals surface area contributed by atoms with Crippen molar-refractivity contribution in [2.45, 2.75) is 20.3 Å². The molecule has 0 bridgehead atoms. The third-order valence-electron chi connectivity index (χ3n) is 2.34. The summed E-state index contributed by atoms with van der Waals surface area (Å²) in [5.41, 5.74) is 0.874. The van der Waals surface area contributed by atoms with Gasteiger partial charge in [0.1, 0.15) is 0 Å². The van der Waals surface area contributed by atoms with Crippen LogP contribution in [0, 0.1) is 5.92 Å². The lowest BCUT2D eigenvalue weighted by atomic mass is 10.1. The quantitative estimate of drug-likeness (QED) is 0.919. The zero-order valence-corrected chi connectivity index (χ0v) is 10.7. The van der Waals surface area contributed by atoms with Gasteiger partial charge in [0, 0.05) is 0 Å². The normalized spacial score (nSPS) is 11.1. The first-order chi connectivity index (χ1) is 8.49. The van der Waals surface area contributed by atoms with Crippen LogP contribution in [0.4, 0.5) is 0 Å². The minimum Gasteiger partial charge on any atom is -0.475 e. The maximum Gasteiger partial charge on any atom is 0.373 e. The fraction of sp³-hybridized carbons (Fsp3) is 0.333. The van der Waals surface area contributed by atoms with Gasteiger partial charge in [-0.25, -0.2) is 9.78 Å². The lowest BCUT2D eigenvalue weighted by molar-refractivity contribution is 0.0661. The molecule has 2 rings (SSSR count). The molecule has 18 heavy (non-hydrogen) atoms.